The Kier molecular flexibility index (Phi) is 9.03. The standard InChI is InChI=1S/C28H36N2O3/c1-20(2)8-9-22-16-23(12-15-26(31)33-28(3,4)5)18-24(17-22)27(32)29-19-21-10-13-25(14-11-21)30(6)7/h8,10-18H,9,19H2,1-7H3,(H,29,32)/b15-12+. The molecular formula is C28H36N2O3. The number of ether oxygens (including phenoxy) is 1. The average Bonchev–Trinajstić information content (AvgIpc) is 2.73. The van der Waals surface area contributed by atoms with Crippen LogP contribution in [0.4, 0.5) is 5.69 Å². The van der Waals surface area contributed by atoms with Gasteiger partial charge >= 0.3 is 5.97 Å². The van der Waals surface area contributed by atoms with E-state index in [2.05, 4.69) is 11.4 Å². The van der Waals surface area contributed by atoms with Gasteiger partial charge in [0.05, 0.1) is 0 Å². The molecule has 0 saturated heterocycles. The summed E-state index contributed by atoms with van der Waals surface area (Å²) in [6.07, 6.45) is 5.92. The first-order valence-electron chi connectivity index (χ1n) is 11.2. The Bertz CT molecular complexity index is 1020. The van der Waals surface area contributed by atoms with Gasteiger partial charge in [-0.25, -0.2) is 4.79 Å². The highest BCUT2D eigenvalue weighted by molar-refractivity contribution is 5.95. The van der Waals surface area contributed by atoms with Crippen LogP contribution in [0.15, 0.2) is 60.2 Å². The second kappa shape index (κ2) is 11.5. The van der Waals surface area contributed by atoms with Crippen LogP contribution in [-0.2, 0) is 22.5 Å². The van der Waals surface area contributed by atoms with E-state index in [1.807, 2.05) is 90.0 Å². The summed E-state index contributed by atoms with van der Waals surface area (Å²) in [5.74, 6) is -0.568. The Hall–Kier alpha value is -3.34. The number of hydrogen-bond acceptors (Lipinski definition) is 4. The van der Waals surface area contributed by atoms with Crippen molar-refractivity contribution < 1.29 is 14.3 Å². The fourth-order valence-electron chi connectivity index (χ4n) is 3.08. The molecule has 5 nitrogen and oxygen atoms in total. The maximum Gasteiger partial charge on any atom is 0.331 e. The number of carbonyl (C=O) groups excluding carboxylic acids is 2. The number of allylic oxidation sites excluding steroid dienone is 2. The molecule has 0 aliphatic rings. The van der Waals surface area contributed by atoms with E-state index in [4.69, 9.17) is 4.74 Å². The number of anilines is 1. The number of amides is 1. The summed E-state index contributed by atoms with van der Waals surface area (Å²) >= 11 is 0. The molecule has 1 N–H and O–H groups in total. The average molecular weight is 449 g/mol. The number of rotatable bonds is 8. The minimum absolute atomic E-state index is 0.155. The summed E-state index contributed by atoms with van der Waals surface area (Å²) in [7, 11) is 3.99. The largest absolute Gasteiger partial charge is 0.457 e. The van der Waals surface area contributed by atoms with Gasteiger partial charge in [-0.05, 0) is 88.1 Å². The summed E-state index contributed by atoms with van der Waals surface area (Å²) in [5, 5.41) is 3.00. The molecule has 176 valence electrons. The van der Waals surface area contributed by atoms with Crippen LogP contribution < -0.4 is 10.2 Å². The van der Waals surface area contributed by atoms with Crippen molar-refractivity contribution in [2.45, 2.75) is 53.2 Å². The van der Waals surface area contributed by atoms with E-state index in [0.717, 1.165) is 22.4 Å². The number of nitrogens with one attached hydrogen (secondary N) is 1. The Morgan fingerprint density at radius 3 is 2.24 bits per heavy atom. The van der Waals surface area contributed by atoms with Gasteiger partial charge in [-0.2, -0.15) is 0 Å². The van der Waals surface area contributed by atoms with E-state index >= 15 is 0 Å². The number of nitrogens with zero attached hydrogens (tertiary/aromatic N) is 1. The molecule has 0 aromatic heterocycles. The van der Waals surface area contributed by atoms with E-state index in [0.29, 0.717) is 18.5 Å². The molecule has 0 heterocycles. The Labute approximate surface area is 198 Å². The van der Waals surface area contributed by atoms with Crippen molar-refractivity contribution in [1.82, 2.24) is 5.32 Å². The van der Waals surface area contributed by atoms with Gasteiger partial charge in [0.25, 0.3) is 5.91 Å². The number of esters is 1. The third kappa shape index (κ3) is 9.36. The number of carbonyl (C=O) groups is 2. The normalized spacial score (nSPS) is 11.2. The molecule has 0 fully saturated rings. The van der Waals surface area contributed by atoms with Crippen LogP contribution in [0.25, 0.3) is 6.08 Å². The zero-order valence-corrected chi connectivity index (χ0v) is 20.9. The predicted molar refractivity (Wildman–Crippen MR) is 136 cm³/mol. The summed E-state index contributed by atoms with van der Waals surface area (Å²) in [4.78, 5) is 27.0. The van der Waals surface area contributed by atoms with Crippen LogP contribution in [0, 0.1) is 0 Å². The van der Waals surface area contributed by atoms with Crippen LogP contribution in [-0.4, -0.2) is 31.6 Å². The van der Waals surface area contributed by atoms with Crippen molar-refractivity contribution in [3.05, 3.63) is 82.4 Å². The smallest absolute Gasteiger partial charge is 0.331 e. The van der Waals surface area contributed by atoms with Gasteiger partial charge in [0.2, 0.25) is 0 Å². The fourth-order valence-corrected chi connectivity index (χ4v) is 3.08. The van der Waals surface area contributed by atoms with Gasteiger partial charge in [-0.15, -0.1) is 0 Å². The lowest BCUT2D eigenvalue weighted by Crippen LogP contribution is -2.23. The van der Waals surface area contributed by atoms with E-state index in [1.165, 1.54) is 11.6 Å². The summed E-state index contributed by atoms with van der Waals surface area (Å²) in [6.45, 7) is 10.0. The highest BCUT2D eigenvalue weighted by atomic mass is 16.6. The van der Waals surface area contributed by atoms with Crippen molar-refractivity contribution >= 4 is 23.6 Å². The molecule has 0 spiro atoms. The molecule has 33 heavy (non-hydrogen) atoms. The lowest BCUT2D eigenvalue weighted by molar-refractivity contribution is -0.148. The van der Waals surface area contributed by atoms with E-state index < -0.39 is 11.6 Å². The molecule has 0 aliphatic carbocycles. The molecule has 1 amide bonds. The van der Waals surface area contributed by atoms with Crippen LogP contribution in [0.5, 0.6) is 0 Å². The van der Waals surface area contributed by atoms with Crippen molar-refractivity contribution in [3.63, 3.8) is 0 Å². The fraction of sp³-hybridized carbons (Fsp3) is 0.357. The maximum absolute atomic E-state index is 12.9. The van der Waals surface area contributed by atoms with Gasteiger partial charge in [0, 0.05) is 38.0 Å². The Morgan fingerprint density at radius 2 is 1.67 bits per heavy atom. The first-order valence-corrected chi connectivity index (χ1v) is 11.2. The van der Waals surface area contributed by atoms with Crippen molar-refractivity contribution in [2.24, 2.45) is 0 Å². The topological polar surface area (TPSA) is 58.6 Å². The molecule has 0 radical (unpaired) electrons. The second-order valence-electron chi connectivity index (χ2n) is 9.56. The zero-order valence-electron chi connectivity index (χ0n) is 20.9. The summed E-state index contributed by atoms with van der Waals surface area (Å²) in [6, 6.07) is 13.7. The lowest BCUT2D eigenvalue weighted by atomic mass is 10.0. The van der Waals surface area contributed by atoms with Crippen molar-refractivity contribution in [3.8, 4) is 0 Å². The van der Waals surface area contributed by atoms with E-state index in [1.54, 1.807) is 12.1 Å². The molecule has 0 aliphatic heterocycles. The first-order chi connectivity index (χ1) is 15.4. The van der Waals surface area contributed by atoms with Crippen LogP contribution in [0.1, 0.15) is 61.7 Å². The highest BCUT2D eigenvalue weighted by Crippen LogP contribution is 2.16. The quantitative estimate of drug-likeness (QED) is 0.327. The molecular weight excluding hydrogens is 412 g/mol. The van der Waals surface area contributed by atoms with E-state index in [-0.39, 0.29) is 5.91 Å². The molecule has 0 unspecified atom stereocenters. The molecule has 0 saturated carbocycles. The third-order valence-corrected chi connectivity index (χ3v) is 4.75. The van der Waals surface area contributed by atoms with Gasteiger partial charge in [-0.1, -0.05) is 29.8 Å². The van der Waals surface area contributed by atoms with Crippen LogP contribution in [0.3, 0.4) is 0 Å². The Balaban J connectivity index is 2.19. The number of hydrogen-bond donors (Lipinski definition) is 1. The molecule has 2 aromatic carbocycles. The first kappa shape index (κ1) is 25.9. The maximum atomic E-state index is 12.9. The van der Waals surface area contributed by atoms with Gasteiger partial charge in [0.1, 0.15) is 5.60 Å². The molecule has 2 aromatic rings. The van der Waals surface area contributed by atoms with Gasteiger partial charge in [0.15, 0.2) is 0 Å². The highest BCUT2D eigenvalue weighted by Gasteiger charge is 2.14. The SMILES string of the molecule is CC(C)=CCc1cc(/C=C/C(=O)OC(C)(C)C)cc(C(=O)NCc2ccc(N(C)C)cc2)c1. The van der Waals surface area contributed by atoms with Gasteiger partial charge < -0.3 is 15.0 Å². The monoisotopic (exact) mass is 448 g/mol. The Morgan fingerprint density at radius 1 is 1.00 bits per heavy atom. The van der Waals surface area contributed by atoms with Crippen molar-refractivity contribution in [1.29, 1.82) is 0 Å². The molecule has 0 bridgehead atoms. The third-order valence-electron chi connectivity index (χ3n) is 4.75. The minimum Gasteiger partial charge on any atom is -0.457 e. The predicted octanol–water partition coefficient (Wildman–Crippen LogP) is 5.55. The van der Waals surface area contributed by atoms with E-state index in [9.17, 15) is 9.59 Å². The number of benzene rings is 2. The molecule has 2 rings (SSSR count). The second-order valence-corrected chi connectivity index (χ2v) is 9.56. The van der Waals surface area contributed by atoms with Crippen LogP contribution in [0.2, 0.25) is 0 Å². The van der Waals surface area contributed by atoms with Crippen LogP contribution >= 0.6 is 0 Å². The summed E-state index contributed by atoms with van der Waals surface area (Å²) < 4.78 is 5.34. The molecule has 0 atom stereocenters. The summed E-state index contributed by atoms with van der Waals surface area (Å²) in [5.41, 5.74) is 5.13. The minimum atomic E-state index is -0.553. The lowest BCUT2D eigenvalue weighted by Gasteiger charge is -2.17. The molecule has 5 heteroatoms. The van der Waals surface area contributed by atoms with Crippen molar-refractivity contribution in [2.75, 3.05) is 19.0 Å². The van der Waals surface area contributed by atoms with Gasteiger partial charge in [-0.3, -0.25) is 4.79 Å². The zero-order chi connectivity index (χ0) is 24.6.